The predicted octanol–water partition coefficient (Wildman–Crippen LogP) is 4.89. The van der Waals surface area contributed by atoms with E-state index >= 15 is 0 Å². The summed E-state index contributed by atoms with van der Waals surface area (Å²) in [7, 11) is 0. The van der Waals surface area contributed by atoms with E-state index in [1.165, 1.54) is 0 Å². The highest BCUT2D eigenvalue weighted by atomic mass is 32.1. The molecular weight excluding hydrogens is 468 g/mol. The van der Waals surface area contributed by atoms with E-state index in [-0.39, 0.29) is 18.0 Å². The second-order valence-corrected chi connectivity index (χ2v) is 9.34. The maximum Gasteiger partial charge on any atom is 0.226 e. The maximum absolute atomic E-state index is 12.9. The van der Waals surface area contributed by atoms with Gasteiger partial charge in [0.1, 0.15) is 0 Å². The van der Waals surface area contributed by atoms with Crippen LogP contribution in [0.25, 0.3) is 5.69 Å². The number of amides is 1. The van der Waals surface area contributed by atoms with Crippen molar-refractivity contribution < 1.29 is 4.79 Å². The molecule has 0 aliphatic carbocycles. The molecule has 1 fully saturated rings. The van der Waals surface area contributed by atoms with E-state index in [1.54, 1.807) is 12.4 Å². The molecule has 1 aliphatic heterocycles. The van der Waals surface area contributed by atoms with Gasteiger partial charge in [-0.2, -0.15) is 0 Å². The average molecular weight is 497 g/mol. The first-order valence-electron chi connectivity index (χ1n) is 11.9. The Bertz CT molecular complexity index is 1370. The largest absolute Gasteiger partial charge is 0.352 e. The molecule has 0 unspecified atom stereocenters. The van der Waals surface area contributed by atoms with Gasteiger partial charge in [-0.05, 0) is 79.7 Å². The molecule has 1 aliphatic rings. The molecule has 182 valence electrons. The Morgan fingerprint density at radius 3 is 2.75 bits per heavy atom. The van der Waals surface area contributed by atoms with Crippen LogP contribution in [0.5, 0.6) is 0 Å². The van der Waals surface area contributed by atoms with Crippen molar-refractivity contribution in [3.63, 3.8) is 0 Å². The zero-order chi connectivity index (χ0) is 25.1. The third-order valence-electron chi connectivity index (χ3n) is 6.45. The van der Waals surface area contributed by atoms with E-state index < -0.39 is 0 Å². The standard InChI is InChI=1S/C28H28N6OS/c1-19-10-11-20(2)23(17-19)31-25(35)12-16-34-27(26(32-28(34)36)22-8-3-4-14-30-22)24-9-6-15-33(24)21-7-5-13-29-18-21/h3-11,13-15,17-18,26-27H,12,16H2,1-2H3,(H,31,35)(H,32,36)/t26-,27-/m0/s1. The summed E-state index contributed by atoms with van der Waals surface area (Å²) in [6.45, 7) is 4.48. The summed E-state index contributed by atoms with van der Waals surface area (Å²) in [4.78, 5) is 23.9. The number of aromatic nitrogens is 3. The van der Waals surface area contributed by atoms with Gasteiger partial charge < -0.3 is 20.1 Å². The van der Waals surface area contributed by atoms with Gasteiger partial charge in [-0.25, -0.2) is 0 Å². The van der Waals surface area contributed by atoms with Crippen molar-refractivity contribution in [3.8, 4) is 5.69 Å². The van der Waals surface area contributed by atoms with Crippen molar-refractivity contribution in [3.05, 3.63) is 108 Å². The highest BCUT2D eigenvalue weighted by Gasteiger charge is 2.41. The fraction of sp³-hybridized carbons (Fsp3) is 0.214. The molecule has 0 radical (unpaired) electrons. The minimum atomic E-state index is -0.161. The molecule has 36 heavy (non-hydrogen) atoms. The Balaban J connectivity index is 1.43. The quantitative estimate of drug-likeness (QED) is 0.355. The highest BCUT2D eigenvalue weighted by molar-refractivity contribution is 7.80. The van der Waals surface area contributed by atoms with Crippen LogP contribution >= 0.6 is 12.2 Å². The fourth-order valence-corrected chi connectivity index (χ4v) is 4.97. The fourth-order valence-electron chi connectivity index (χ4n) is 4.64. The Kier molecular flexibility index (Phi) is 6.77. The SMILES string of the molecule is Cc1ccc(C)c(NC(=O)CCN2C(=S)N[C@@H](c3ccccn3)[C@@H]2c2cccn2-c2cccnc2)c1. The normalized spacial score (nSPS) is 17.2. The summed E-state index contributed by atoms with van der Waals surface area (Å²) in [5.41, 5.74) is 5.88. The molecule has 2 N–H and O–H groups in total. The number of anilines is 1. The van der Waals surface area contributed by atoms with Gasteiger partial charge in [0.05, 0.1) is 29.7 Å². The predicted molar refractivity (Wildman–Crippen MR) is 145 cm³/mol. The third kappa shape index (κ3) is 4.85. The monoisotopic (exact) mass is 496 g/mol. The second-order valence-electron chi connectivity index (χ2n) is 8.95. The molecule has 4 aromatic rings. The van der Waals surface area contributed by atoms with Gasteiger partial charge in [-0.1, -0.05) is 18.2 Å². The zero-order valence-corrected chi connectivity index (χ0v) is 21.1. The van der Waals surface area contributed by atoms with Crippen molar-refractivity contribution in [1.82, 2.24) is 24.8 Å². The lowest BCUT2D eigenvalue weighted by Crippen LogP contribution is -2.33. The number of nitrogens with zero attached hydrogens (tertiary/aromatic N) is 4. The van der Waals surface area contributed by atoms with Crippen molar-refractivity contribution in [2.75, 3.05) is 11.9 Å². The number of carbonyl (C=O) groups is 1. The first-order chi connectivity index (χ1) is 17.5. The number of hydrogen-bond acceptors (Lipinski definition) is 4. The molecule has 1 aromatic carbocycles. The molecular formula is C28H28N6OS. The van der Waals surface area contributed by atoms with E-state index in [4.69, 9.17) is 12.2 Å². The molecule has 2 atom stereocenters. The highest BCUT2D eigenvalue weighted by Crippen LogP contribution is 2.39. The maximum atomic E-state index is 12.9. The van der Waals surface area contributed by atoms with Crippen LogP contribution in [0.4, 0.5) is 5.69 Å². The molecule has 1 saturated heterocycles. The molecule has 8 heteroatoms. The average Bonchev–Trinajstić information content (AvgIpc) is 3.50. The van der Waals surface area contributed by atoms with E-state index in [0.29, 0.717) is 18.1 Å². The van der Waals surface area contributed by atoms with Gasteiger partial charge >= 0.3 is 0 Å². The van der Waals surface area contributed by atoms with Gasteiger partial charge in [0.15, 0.2) is 5.11 Å². The summed E-state index contributed by atoms with van der Waals surface area (Å²) in [5.74, 6) is -0.0471. The van der Waals surface area contributed by atoms with E-state index in [9.17, 15) is 4.79 Å². The summed E-state index contributed by atoms with van der Waals surface area (Å²) in [5, 5.41) is 7.13. The zero-order valence-electron chi connectivity index (χ0n) is 20.3. The minimum Gasteiger partial charge on any atom is -0.352 e. The van der Waals surface area contributed by atoms with Gasteiger partial charge in [0.2, 0.25) is 5.91 Å². The van der Waals surface area contributed by atoms with Crippen molar-refractivity contribution >= 4 is 28.9 Å². The van der Waals surface area contributed by atoms with E-state index in [0.717, 1.165) is 33.9 Å². The summed E-state index contributed by atoms with van der Waals surface area (Å²) < 4.78 is 2.12. The number of pyridine rings is 2. The lowest BCUT2D eigenvalue weighted by Gasteiger charge is -2.28. The third-order valence-corrected chi connectivity index (χ3v) is 6.80. The van der Waals surface area contributed by atoms with Crippen LogP contribution in [0.1, 0.15) is 41.0 Å². The Morgan fingerprint density at radius 1 is 1.08 bits per heavy atom. The topological polar surface area (TPSA) is 75.1 Å². The smallest absolute Gasteiger partial charge is 0.226 e. The summed E-state index contributed by atoms with van der Waals surface area (Å²) in [6, 6.07) is 19.7. The van der Waals surface area contributed by atoms with Crippen LogP contribution in [0.3, 0.4) is 0 Å². The van der Waals surface area contributed by atoms with Gasteiger partial charge in [0, 0.05) is 42.9 Å². The van der Waals surface area contributed by atoms with Gasteiger partial charge in [-0.15, -0.1) is 0 Å². The molecule has 0 spiro atoms. The lowest BCUT2D eigenvalue weighted by molar-refractivity contribution is -0.116. The minimum absolute atomic E-state index is 0.0471. The summed E-state index contributed by atoms with van der Waals surface area (Å²) >= 11 is 5.78. The number of rotatable bonds is 7. The van der Waals surface area contributed by atoms with Crippen LogP contribution in [0, 0.1) is 13.8 Å². The summed E-state index contributed by atoms with van der Waals surface area (Å²) in [6.07, 6.45) is 7.71. The van der Waals surface area contributed by atoms with Crippen molar-refractivity contribution in [1.29, 1.82) is 0 Å². The number of hydrogen-bond donors (Lipinski definition) is 2. The number of thiocarbonyl (C=S) groups is 1. The Labute approximate surface area is 216 Å². The molecule has 0 bridgehead atoms. The first kappa shape index (κ1) is 23.7. The number of aryl methyl sites for hydroxylation is 2. The molecule has 4 heterocycles. The Hall–Kier alpha value is -4.04. The van der Waals surface area contributed by atoms with Gasteiger partial charge in [-0.3, -0.25) is 14.8 Å². The molecule has 0 saturated carbocycles. The first-order valence-corrected chi connectivity index (χ1v) is 12.3. The second kappa shape index (κ2) is 10.3. The van der Waals surface area contributed by atoms with Crippen LogP contribution in [0.2, 0.25) is 0 Å². The van der Waals surface area contributed by atoms with Crippen LogP contribution in [-0.2, 0) is 4.79 Å². The van der Waals surface area contributed by atoms with Crippen molar-refractivity contribution in [2.24, 2.45) is 0 Å². The lowest BCUT2D eigenvalue weighted by atomic mass is 10.0. The van der Waals surface area contributed by atoms with Crippen LogP contribution < -0.4 is 10.6 Å². The van der Waals surface area contributed by atoms with Crippen LogP contribution in [0.15, 0.2) is 85.5 Å². The van der Waals surface area contributed by atoms with Crippen molar-refractivity contribution in [2.45, 2.75) is 32.4 Å². The van der Waals surface area contributed by atoms with Gasteiger partial charge in [0.25, 0.3) is 0 Å². The molecule has 7 nitrogen and oxygen atoms in total. The molecule has 5 rings (SSSR count). The number of nitrogens with one attached hydrogen (secondary N) is 2. The molecule has 3 aromatic heterocycles. The Morgan fingerprint density at radius 2 is 1.97 bits per heavy atom. The van der Waals surface area contributed by atoms with E-state index in [1.807, 2.05) is 80.8 Å². The number of benzene rings is 1. The number of carbonyl (C=O) groups excluding carboxylic acids is 1. The molecule has 1 amide bonds. The van der Waals surface area contributed by atoms with Crippen LogP contribution in [-0.4, -0.2) is 37.0 Å². The van der Waals surface area contributed by atoms with E-state index in [2.05, 4.69) is 36.1 Å².